The van der Waals surface area contributed by atoms with Crippen LogP contribution in [0.5, 0.6) is 0 Å². The Labute approximate surface area is 46.9 Å². The van der Waals surface area contributed by atoms with E-state index in [1.165, 1.54) is 0 Å². The molecule has 0 bridgehead atoms. The number of hydrogen-bond donors (Lipinski definition) is 1. The third-order valence-electron chi connectivity index (χ3n) is 0.287. The number of carbonyl (C=O) groups is 1. The molecule has 0 aromatic heterocycles. The molecule has 44 valence electrons. The number of nitrogens with two attached hydrogens (primary N) is 1. The van der Waals surface area contributed by atoms with Crippen LogP contribution in [0.1, 0.15) is 6.92 Å². The first-order valence-electron chi connectivity index (χ1n) is 1.69. The van der Waals surface area contributed by atoms with Crippen LogP contribution in [0.25, 0.3) is 0 Å². The molecule has 0 saturated carbocycles. The first kappa shape index (κ1) is 9.70. The second-order valence-electron chi connectivity index (χ2n) is 0.752. The molecular weight excluding hydrogens is 85.0 g/mol. The van der Waals surface area contributed by atoms with E-state index in [2.05, 4.69) is 10.5 Å². The summed E-state index contributed by atoms with van der Waals surface area (Å²) in [5.41, 5.74) is 4.54. The molecule has 0 rings (SSSR count). The molecule has 0 atom stereocenters. The molecular formula is C3H11NO2Si. The summed E-state index contributed by atoms with van der Waals surface area (Å²) in [5, 5.41) is 0. The zero-order valence-electron chi connectivity index (χ0n) is 3.60. The van der Waals surface area contributed by atoms with Crippen LogP contribution in [-0.2, 0) is 4.74 Å². The average molecular weight is 96.1 g/mol. The van der Waals surface area contributed by atoms with Crippen molar-refractivity contribution in [2.45, 2.75) is 6.92 Å². The molecule has 0 saturated heterocycles. The van der Waals surface area contributed by atoms with Crippen LogP contribution in [0.15, 0.2) is 0 Å². The first-order chi connectivity index (χ1) is 2.77. The lowest BCUT2D eigenvalue weighted by Gasteiger charge is -1.89. The number of amides is 1. The van der Waals surface area contributed by atoms with Crippen molar-refractivity contribution in [1.82, 2.24) is 0 Å². The summed E-state index contributed by atoms with van der Waals surface area (Å²) < 4.78 is 4.18. The van der Waals surface area contributed by atoms with E-state index in [9.17, 15) is 4.79 Å². The lowest BCUT2D eigenvalue weighted by molar-refractivity contribution is 0.163. The van der Waals surface area contributed by atoms with E-state index in [4.69, 9.17) is 0 Å². The van der Waals surface area contributed by atoms with Crippen molar-refractivity contribution in [1.29, 1.82) is 0 Å². The molecule has 0 unspecified atom stereocenters. The largest absolute Gasteiger partial charge is 0.450 e. The van der Waals surface area contributed by atoms with Crippen LogP contribution in [-0.4, -0.2) is 23.7 Å². The Morgan fingerprint density at radius 2 is 2.29 bits per heavy atom. The summed E-state index contributed by atoms with van der Waals surface area (Å²) in [5.74, 6) is 0. The molecule has 0 radical (unpaired) electrons. The van der Waals surface area contributed by atoms with Crippen molar-refractivity contribution < 1.29 is 9.53 Å². The molecule has 3 nitrogen and oxygen atoms in total. The summed E-state index contributed by atoms with van der Waals surface area (Å²) in [4.78, 5) is 9.60. The lowest BCUT2D eigenvalue weighted by Crippen LogP contribution is -2.11. The minimum Gasteiger partial charge on any atom is -0.450 e. The van der Waals surface area contributed by atoms with Crippen LogP contribution in [0, 0.1) is 0 Å². The number of primary amides is 1. The first-order valence-corrected chi connectivity index (χ1v) is 1.69. The smallest absolute Gasteiger partial charge is 0.404 e. The Morgan fingerprint density at radius 3 is 2.29 bits per heavy atom. The maximum Gasteiger partial charge on any atom is 0.404 e. The van der Waals surface area contributed by atoms with E-state index in [0.717, 1.165) is 0 Å². The van der Waals surface area contributed by atoms with Crippen LogP contribution < -0.4 is 5.73 Å². The maximum absolute atomic E-state index is 9.60. The summed E-state index contributed by atoms with van der Waals surface area (Å²) >= 11 is 0. The van der Waals surface area contributed by atoms with Gasteiger partial charge in [0, 0.05) is 0 Å². The summed E-state index contributed by atoms with van der Waals surface area (Å²) in [6.07, 6.45) is -0.711. The number of carbonyl (C=O) groups excluding carboxylic acids is 1. The topological polar surface area (TPSA) is 52.3 Å². The van der Waals surface area contributed by atoms with Crippen molar-refractivity contribution in [2.24, 2.45) is 5.73 Å². The summed E-state index contributed by atoms with van der Waals surface area (Å²) in [6.45, 7) is 2.06. The van der Waals surface area contributed by atoms with E-state index >= 15 is 0 Å². The number of hydrogen-bond acceptors (Lipinski definition) is 2. The van der Waals surface area contributed by atoms with Gasteiger partial charge in [0.05, 0.1) is 6.61 Å². The molecule has 0 aromatic carbocycles. The van der Waals surface area contributed by atoms with Crippen LogP contribution >= 0.6 is 0 Å². The van der Waals surface area contributed by atoms with Crippen LogP contribution in [0.3, 0.4) is 0 Å². The Balaban J connectivity index is 0. The van der Waals surface area contributed by atoms with Gasteiger partial charge in [0.25, 0.3) is 0 Å². The molecule has 0 aliphatic carbocycles. The predicted octanol–water partition coefficient (Wildman–Crippen LogP) is -1.35. The van der Waals surface area contributed by atoms with Gasteiger partial charge in [-0.3, -0.25) is 0 Å². The minimum absolute atomic E-state index is 0. The fourth-order valence-electron chi connectivity index (χ4n) is 0.142. The highest BCUT2D eigenvalue weighted by atomic mass is 16.5. The Morgan fingerprint density at radius 1 is 1.86 bits per heavy atom. The molecule has 4 heteroatoms. The van der Waals surface area contributed by atoms with E-state index < -0.39 is 6.09 Å². The van der Waals surface area contributed by atoms with Gasteiger partial charge >= 0.3 is 6.09 Å². The van der Waals surface area contributed by atoms with Crippen LogP contribution in [0.4, 0.5) is 4.79 Å². The molecule has 0 fully saturated rings. The van der Waals surface area contributed by atoms with Crippen molar-refractivity contribution in [3.05, 3.63) is 0 Å². The molecule has 0 heterocycles. The Bertz CT molecular complexity index is 56.9. The molecule has 0 aliphatic rings. The van der Waals surface area contributed by atoms with Crippen molar-refractivity contribution in [2.75, 3.05) is 6.61 Å². The Hall–Kier alpha value is -0.513. The predicted molar refractivity (Wildman–Crippen MR) is 32.5 cm³/mol. The van der Waals surface area contributed by atoms with Gasteiger partial charge in [-0.25, -0.2) is 4.79 Å². The average Bonchev–Trinajstić information content (AvgIpc) is 1.35. The van der Waals surface area contributed by atoms with Gasteiger partial charge in [-0.05, 0) is 17.9 Å². The monoisotopic (exact) mass is 96.1 g/mol. The fourth-order valence-corrected chi connectivity index (χ4v) is 0.142. The quantitative estimate of drug-likeness (QED) is 0.410. The van der Waals surface area contributed by atoms with Gasteiger partial charge in [-0.1, -0.05) is 0 Å². The normalized spacial score (nSPS) is 6.43. The van der Waals surface area contributed by atoms with Crippen molar-refractivity contribution in [3.8, 4) is 0 Å². The Kier molecular flexibility index (Phi) is 7.60. The van der Waals surface area contributed by atoms with E-state index in [1.54, 1.807) is 6.92 Å². The van der Waals surface area contributed by atoms with Gasteiger partial charge < -0.3 is 10.5 Å². The second kappa shape index (κ2) is 5.49. The highest BCUT2D eigenvalue weighted by Crippen LogP contribution is 1.66. The number of rotatable bonds is 1. The molecule has 2 N–H and O–H groups in total. The third-order valence-corrected chi connectivity index (χ3v) is 0.287. The van der Waals surface area contributed by atoms with Crippen molar-refractivity contribution >= 4 is 17.1 Å². The molecule has 0 aliphatic heterocycles. The van der Waals surface area contributed by atoms with E-state index in [0.29, 0.717) is 6.61 Å². The minimum atomic E-state index is -0.711. The van der Waals surface area contributed by atoms with E-state index in [-0.39, 0.29) is 11.0 Å². The van der Waals surface area contributed by atoms with Gasteiger partial charge in [-0.15, -0.1) is 0 Å². The number of ether oxygens (including phenoxy) is 1. The standard InChI is InChI=1S/C3H7NO2.H4Si/c1-2-6-3(4)5;/h2H2,1H3,(H2,4,5);1H4/i;1-25. The molecule has 0 aromatic rings. The van der Waals surface area contributed by atoms with Crippen molar-refractivity contribution in [3.63, 3.8) is 0 Å². The molecule has 1 amide bonds. The van der Waals surface area contributed by atoms with Crippen LogP contribution in [0.2, 0.25) is 0 Å². The molecule has 0 spiro atoms. The summed E-state index contributed by atoms with van der Waals surface area (Å²) in [6, 6.07) is 0. The van der Waals surface area contributed by atoms with Gasteiger partial charge in [0.15, 0.2) is 0 Å². The van der Waals surface area contributed by atoms with E-state index in [1.807, 2.05) is 0 Å². The van der Waals surface area contributed by atoms with Gasteiger partial charge in [-0.2, -0.15) is 0 Å². The summed E-state index contributed by atoms with van der Waals surface area (Å²) in [7, 11) is 0. The lowest BCUT2D eigenvalue weighted by atomic mass is 3.00. The highest BCUT2D eigenvalue weighted by molar-refractivity contribution is 5.75. The van der Waals surface area contributed by atoms with Gasteiger partial charge in [0.2, 0.25) is 0 Å². The fraction of sp³-hybridized carbons (Fsp3) is 0.667. The highest BCUT2D eigenvalue weighted by Gasteiger charge is 1.82. The second-order valence-corrected chi connectivity index (χ2v) is 0.752. The zero-order chi connectivity index (χ0) is 4.99. The molecule has 7 heavy (non-hydrogen) atoms. The SMILES string of the molecule is CCOC(N)=O.[3SiH4]. The zero-order valence-corrected chi connectivity index (χ0v) is 3.60. The maximum atomic E-state index is 9.60. The third kappa shape index (κ3) is 10.8. The van der Waals surface area contributed by atoms with Gasteiger partial charge in [0.1, 0.15) is 0 Å².